The van der Waals surface area contributed by atoms with Gasteiger partial charge in [0.2, 0.25) is 0 Å². The fourth-order valence-corrected chi connectivity index (χ4v) is 6.90. The van der Waals surface area contributed by atoms with E-state index in [9.17, 15) is 38.9 Å². The van der Waals surface area contributed by atoms with E-state index in [-0.39, 0.29) is 32.1 Å². The maximum absolute atomic E-state index is 12.7. The van der Waals surface area contributed by atoms with Gasteiger partial charge in [0.25, 0.3) is 0 Å². The molecule has 0 amide bonds. The SMILES string of the molecule is CCCCC/C=C\C/C=C\C/C=C\CC(O)C(O)CCCC(=O)OC[C@H](COP(=O)(O)OC[C@@H](O)COP(=O)(O)O)OC(=O)CCCCCCCCCCCCCCC. The highest BCUT2D eigenvalue weighted by Crippen LogP contribution is 2.43. The molecule has 0 spiro atoms. The van der Waals surface area contributed by atoms with Crippen LogP contribution in [0.15, 0.2) is 36.5 Å². The quantitative estimate of drug-likeness (QED) is 0.0146. The molecule has 17 heteroatoms. The van der Waals surface area contributed by atoms with Gasteiger partial charge in [0.15, 0.2) is 6.10 Å². The topological polar surface area (TPSA) is 236 Å². The smallest absolute Gasteiger partial charge is 0.462 e. The number of hydrogen-bond donors (Lipinski definition) is 6. The van der Waals surface area contributed by atoms with Gasteiger partial charge in [-0.1, -0.05) is 140 Å². The molecule has 0 aliphatic heterocycles. The fraction of sp³-hybridized carbons (Fsp3) is 0.810. The molecule has 0 aromatic rings. The predicted octanol–water partition coefficient (Wildman–Crippen LogP) is 8.84. The number of allylic oxidation sites excluding steroid dienone is 5. The fourth-order valence-electron chi connectivity index (χ4n) is 5.74. The molecule has 346 valence electrons. The zero-order valence-corrected chi connectivity index (χ0v) is 37.6. The highest BCUT2D eigenvalue weighted by molar-refractivity contribution is 7.47. The Hall–Kier alpha value is -1.74. The van der Waals surface area contributed by atoms with Crippen LogP contribution in [0.3, 0.4) is 0 Å². The minimum absolute atomic E-state index is 0.0736. The molecule has 0 aromatic carbocycles. The molecule has 59 heavy (non-hydrogen) atoms. The van der Waals surface area contributed by atoms with Crippen LogP contribution in [0.1, 0.15) is 168 Å². The molecule has 0 fully saturated rings. The Labute approximate surface area is 353 Å². The number of phosphoric acid groups is 2. The van der Waals surface area contributed by atoms with Crippen LogP contribution in [0, 0.1) is 0 Å². The van der Waals surface area contributed by atoms with Gasteiger partial charge in [-0.25, -0.2) is 9.13 Å². The van der Waals surface area contributed by atoms with Gasteiger partial charge in [-0.05, 0) is 51.4 Å². The number of esters is 2. The van der Waals surface area contributed by atoms with E-state index in [2.05, 4.69) is 41.1 Å². The maximum Gasteiger partial charge on any atom is 0.472 e. The number of aliphatic hydroxyl groups is 3. The van der Waals surface area contributed by atoms with Gasteiger partial charge in [0.05, 0.1) is 32.0 Å². The summed E-state index contributed by atoms with van der Waals surface area (Å²) in [6.45, 7) is 1.40. The van der Waals surface area contributed by atoms with Crippen molar-refractivity contribution in [2.24, 2.45) is 0 Å². The summed E-state index contributed by atoms with van der Waals surface area (Å²) in [5, 5.41) is 30.4. The van der Waals surface area contributed by atoms with Crippen LogP contribution < -0.4 is 0 Å². The first-order valence-corrected chi connectivity index (χ1v) is 24.9. The van der Waals surface area contributed by atoms with Gasteiger partial charge < -0.3 is 39.5 Å². The molecular weight excluding hydrogens is 806 g/mol. The zero-order valence-electron chi connectivity index (χ0n) is 35.8. The summed E-state index contributed by atoms with van der Waals surface area (Å²) >= 11 is 0. The van der Waals surface area contributed by atoms with Crippen LogP contribution >= 0.6 is 15.6 Å². The molecule has 15 nitrogen and oxygen atoms in total. The summed E-state index contributed by atoms with van der Waals surface area (Å²) in [6.07, 6.45) is 28.8. The molecule has 0 heterocycles. The third-order valence-electron chi connectivity index (χ3n) is 9.22. The average molecular weight is 885 g/mol. The van der Waals surface area contributed by atoms with Crippen LogP contribution in [0.2, 0.25) is 0 Å². The number of ether oxygens (including phenoxy) is 2. The van der Waals surface area contributed by atoms with Crippen LogP contribution in [0.25, 0.3) is 0 Å². The van der Waals surface area contributed by atoms with E-state index in [0.29, 0.717) is 12.8 Å². The van der Waals surface area contributed by atoms with Crippen molar-refractivity contribution >= 4 is 27.6 Å². The van der Waals surface area contributed by atoms with E-state index in [0.717, 1.165) is 38.5 Å². The first kappa shape index (κ1) is 57.3. The van der Waals surface area contributed by atoms with Crippen molar-refractivity contribution in [1.82, 2.24) is 0 Å². The van der Waals surface area contributed by atoms with Crippen molar-refractivity contribution in [3.63, 3.8) is 0 Å². The number of carbonyl (C=O) groups is 2. The van der Waals surface area contributed by atoms with Gasteiger partial charge in [-0.15, -0.1) is 0 Å². The summed E-state index contributed by atoms with van der Waals surface area (Å²) in [5.74, 6) is -1.31. The lowest BCUT2D eigenvalue weighted by Gasteiger charge is -2.20. The molecule has 0 rings (SSSR count). The highest BCUT2D eigenvalue weighted by Gasteiger charge is 2.28. The maximum atomic E-state index is 12.7. The van der Waals surface area contributed by atoms with E-state index in [1.807, 2.05) is 12.2 Å². The Morgan fingerprint density at radius 1 is 0.542 bits per heavy atom. The first-order chi connectivity index (χ1) is 28.2. The summed E-state index contributed by atoms with van der Waals surface area (Å²) in [6, 6.07) is 0. The standard InChI is InChI=1S/C42H78O15P2/c1-3-5-7-9-11-13-15-17-19-21-23-25-27-31-42(47)57-38(36-56-59(51,52)55-34-37(43)33-54-58(48,49)50)35-53-41(46)32-28-30-40(45)39(44)29-26-24-22-20-18-16-14-12-10-8-6-4-2/h12,14,18,20,24,26,37-40,43-45H,3-11,13,15-17,19,21-23,25,27-36H2,1-2H3,(H,51,52)(H2,48,49,50)/b14-12-,20-18-,26-24-/t37-,38+,39?,40?/m0/s1. The summed E-state index contributed by atoms with van der Waals surface area (Å²) in [7, 11) is -9.76. The van der Waals surface area contributed by atoms with Gasteiger partial charge in [-0.3, -0.25) is 23.2 Å². The molecule has 0 saturated carbocycles. The van der Waals surface area contributed by atoms with Crippen LogP contribution in [-0.2, 0) is 41.8 Å². The van der Waals surface area contributed by atoms with Crippen molar-refractivity contribution in [2.45, 2.75) is 192 Å². The normalized spacial score (nSPS) is 15.5. The van der Waals surface area contributed by atoms with Gasteiger partial charge in [0, 0.05) is 12.8 Å². The highest BCUT2D eigenvalue weighted by atomic mass is 31.2. The molecule has 6 N–H and O–H groups in total. The van der Waals surface area contributed by atoms with Crippen LogP contribution in [0.4, 0.5) is 0 Å². The zero-order chi connectivity index (χ0) is 44.0. The molecule has 0 saturated heterocycles. The summed E-state index contributed by atoms with van der Waals surface area (Å²) < 4.78 is 47.5. The monoisotopic (exact) mass is 884 g/mol. The number of aliphatic hydroxyl groups excluding tert-OH is 3. The second-order valence-electron chi connectivity index (χ2n) is 14.9. The number of carbonyl (C=O) groups excluding carboxylic acids is 2. The minimum Gasteiger partial charge on any atom is -0.462 e. The van der Waals surface area contributed by atoms with E-state index < -0.39 is 78.4 Å². The molecule has 0 radical (unpaired) electrons. The Morgan fingerprint density at radius 2 is 1.03 bits per heavy atom. The Balaban J connectivity index is 4.74. The average Bonchev–Trinajstić information content (AvgIpc) is 3.19. The van der Waals surface area contributed by atoms with E-state index in [4.69, 9.17) is 23.8 Å². The molecule has 5 atom stereocenters. The third kappa shape index (κ3) is 40.1. The van der Waals surface area contributed by atoms with Crippen LogP contribution in [-0.4, -0.2) is 92.8 Å². The van der Waals surface area contributed by atoms with Crippen molar-refractivity contribution in [2.75, 3.05) is 26.4 Å². The van der Waals surface area contributed by atoms with Crippen molar-refractivity contribution in [3.05, 3.63) is 36.5 Å². The first-order valence-electron chi connectivity index (χ1n) is 21.8. The molecule has 0 bridgehead atoms. The molecule has 0 aromatic heterocycles. The van der Waals surface area contributed by atoms with E-state index >= 15 is 0 Å². The van der Waals surface area contributed by atoms with Gasteiger partial charge in [-0.2, -0.15) is 0 Å². The van der Waals surface area contributed by atoms with Crippen molar-refractivity contribution in [1.29, 1.82) is 0 Å². The van der Waals surface area contributed by atoms with E-state index in [1.54, 1.807) is 6.08 Å². The molecule has 3 unspecified atom stereocenters. The second-order valence-corrected chi connectivity index (χ2v) is 17.6. The molecular formula is C42H78O15P2. The third-order valence-corrected chi connectivity index (χ3v) is 10.7. The van der Waals surface area contributed by atoms with Gasteiger partial charge in [0.1, 0.15) is 12.7 Å². The molecule has 0 aliphatic carbocycles. The molecule has 0 aliphatic rings. The Morgan fingerprint density at radius 3 is 1.63 bits per heavy atom. The van der Waals surface area contributed by atoms with E-state index in [1.165, 1.54) is 70.6 Å². The summed E-state index contributed by atoms with van der Waals surface area (Å²) in [5.41, 5.74) is 0. The van der Waals surface area contributed by atoms with Crippen molar-refractivity contribution < 1.29 is 71.8 Å². The largest absolute Gasteiger partial charge is 0.472 e. The summed E-state index contributed by atoms with van der Waals surface area (Å²) in [4.78, 5) is 52.7. The van der Waals surface area contributed by atoms with Crippen molar-refractivity contribution in [3.8, 4) is 0 Å². The second kappa shape index (κ2) is 38.0. The number of rotatable bonds is 41. The lowest BCUT2D eigenvalue weighted by atomic mass is 10.0. The lowest BCUT2D eigenvalue weighted by Crippen LogP contribution is -2.30. The van der Waals surface area contributed by atoms with Gasteiger partial charge >= 0.3 is 27.6 Å². The Kier molecular flexibility index (Phi) is 36.9. The number of phosphoric ester groups is 2. The minimum atomic E-state index is -4.89. The lowest BCUT2D eigenvalue weighted by molar-refractivity contribution is -0.161. The van der Waals surface area contributed by atoms with Crippen LogP contribution in [0.5, 0.6) is 0 Å². The number of unbranched alkanes of at least 4 members (excludes halogenated alkanes) is 15. The Bertz CT molecular complexity index is 1220. The number of hydrogen-bond acceptors (Lipinski definition) is 12. The predicted molar refractivity (Wildman–Crippen MR) is 228 cm³/mol.